The van der Waals surface area contributed by atoms with Gasteiger partial charge in [0.05, 0.1) is 6.54 Å². The van der Waals surface area contributed by atoms with Crippen LogP contribution in [0.5, 0.6) is 0 Å². The first-order valence-corrected chi connectivity index (χ1v) is 5.84. The van der Waals surface area contributed by atoms with Crippen molar-refractivity contribution in [3.05, 3.63) is 48.2 Å². The summed E-state index contributed by atoms with van der Waals surface area (Å²) in [4.78, 5) is 3.93. The number of nitrogens with zero attached hydrogens (tertiary/aromatic N) is 4. The molecule has 0 atom stereocenters. The van der Waals surface area contributed by atoms with Crippen LogP contribution in [0.15, 0.2) is 41.2 Å². The highest BCUT2D eigenvalue weighted by molar-refractivity contribution is 5.60. The molecule has 3 aromatic rings. The van der Waals surface area contributed by atoms with Gasteiger partial charge >= 0.3 is 0 Å². The van der Waals surface area contributed by atoms with E-state index in [0.717, 1.165) is 17.0 Å². The first-order valence-electron chi connectivity index (χ1n) is 5.84. The number of hydrogen-bond donors (Lipinski definition) is 2. The maximum Gasteiger partial charge on any atom is 0.213 e. The number of benzene rings is 1. The monoisotopic (exact) mass is 256 g/mol. The van der Waals surface area contributed by atoms with Gasteiger partial charge in [-0.05, 0) is 0 Å². The maximum absolute atomic E-state index is 4.66. The largest absolute Gasteiger partial charge is 0.343 e. The van der Waals surface area contributed by atoms with Crippen molar-refractivity contribution < 1.29 is 4.52 Å². The van der Waals surface area contributed by atoms with E-state index in [1.54, 1.807) is 0 Å². The summed E-state index contributed by atoms with van der Waals surface area (Å²) in [5.74, 6) is 0.616. The third kappa shape index (κ3) is 2.66. The normalized spacial score (nSPS) is 10.7. The van der Waals surface area contributed by atoms with Crippen molar-refractivity contribution in [2.45, 2.75) is 13.1 Å². The molecule has 0 radical (unpaired) electrons. The van der Waals surface area contributed by atoms with Gasteiger partial charge in [0.25, 0.3) is 0 Å². The summed E-state index contributed by atoms with van der Waals surface area (Å²) >= 11 is 0. The molecule has 0 saturated heterocycles. The smallest absolute Gasteiger partial charge is 0.213 e. The van der Waals surface area contributed by atoms with Gasteiger partial charge in [-0.1, -0.05) is 35.5 Å². The molecule has 1 aromatic carbocycles. The molecule has 19 heavy (non-hydrogen) atoms. The van der Waals surface area contributed by atoms with Gasteiger partial charge in [-0.3, -0.25) is 0 Å². The van der Waals surface area contributed by atoms with Crippen LogP contribution in [0, 0.1) is 0 Å². The molecule has 0 unspecified atom stereocenters. The fourth-order valence-electron chi connectivity index (χ4n) is 1.77. The average molecular weight is 256 g/mol. The van der Waals surface area contributed by atoms with Crippen molar-refractivity contribution in [1.82, 2.24) is 30.9 Å². The Bertz CT molecular complexity index is 619. The molecule has 96 valence electrons. The highest BCUT2D eigenvalue weighted by atomic mass is 16.5. The molecule has 0 aliphatic rings. The van der Waals surface area contributed by atoms with E-state index in [9.17, 15) is 0 Å². The number of aromatic amines is 1. The Morgan fingerprint density at radius 3 is 2.79 bits per heavy atom. The third-order valence-corrected chi connectivity index (χ3v) is 2.65. The fraction of sp³-hybridized carbons (Fsp3) is 0.167. The number of rotatable bonds is 5. The lowest BCUT2D eigenvalue weighted by Gasteiger charge is -2.01. The summed E-state index contributed by atoms with van der Waals surface area (Å²) in [5, 5.41) is 17.9. The van der Waals surface area contributed by atoms with Crippen molar-refractivity contribution in [2.24, 2.45) is 0 Å². The molecule has 0 fully saturated rings. The van der Waals surface area contributed by atoms with E-state index < -0.39 is 0 Å². The lowest BCUT2D eigenvalue weighted by Crippen LogP contribution is -2.14. The van der Waals surface area contributed by atoms with Crippen molar-refractivity contribution >= 4 is 0 Å². The highest BCUT2D eigenvalue weighted by Gasteiger charge is 2.09. The van der Waals surface area contributed by atoms with Crippen molar-refractivity contribution in [2.75, 3.05) is 0 Å². The Morgan fingerprint density at radius 2 is 2.00 bits per heavy atom. The molecule has 3 rings (SSSR count). The van der Waals surface area contributed by atoms with Crippen LogP contribution in [0.2, 0.25) is 0 Å². The zero-order valence-corrected chi connectivity index (χ0v) is 10.1. The van der Waals surface area contributed by atoms with Crippen molar-refractivity contribution in [3.63, 3.8) is 0 Å². The standard InChI is InChI=1S/C12H12N6O/c1-2-4-9(5-3-1)12-10(15-18-16-12)6-13-7-11-14-8-19-17-11/h1-5,8,13H,6-7H2,(H,15,16,18). The molecule has 2 N–H and O–H groups in total. The molecule has 0 aliphatic heterocycles. The average Bonchev–Trinajstić information content (AvgIpc) is 3.11. The quantitative estimate of drug-likeness (QED) is 0.711. The molecule has 7 heteroatoms. The van der Waals surface area contributed by atoms with E-state index in [4.69, 9.17) is 0 Å². The fourth-order valence-corrected chi connectivity index (χ4v) is 1.77. The van der Waals surface area contributed by atoms with E-state index in [1.165, 1.54) is 6.39 Å². The number of H-pyrrole nitrogens is 1. The maximum atomic E-state index is 4.66. The highest BCUT2D eigenvalue weighted by Crippen LogP contribution is 2.18. The second-order valence-corrected chi connectivity index (χ2v) is 3.94. The van der Waals surface area contributed by atoms with Gasteiger partial charge in [0.15, 0.2) is 5.82 Å². The Balaban J connectivity index is 1.67. The predicted molar refractivity (Wildman–Crippen MR) is 66.7 cm³/mol. The Labute approximate surface area is 109 Å². The van der Waals surface area contributed by atoms with Crippen LogP contribution in [0.1, 0.15) is 11.5 Å². The molecule has 0 saturated carbocycles. The zero-order chi connectivity index (χ0) is 12.9. The van der Waals surface area contributed by atoms with E-state index >= 15 is 0 Å². The SMILES string of the molecule is c1ccc(-c2n[nH]nc2CNCc2ncon2)cc1. The van der Waals surface area contributed by atoms with Crippen molar-refractivity contribution in [1.29, 1.82) is 0 Å². The first kappa shape index (κ1) is 11.5. The minimum Gasteiger partial charge on any atom is -0.343 e. The molecule has 0 bridgehead atoms. The Morgan fingerprint density at radius 1 is 1.11 bits per heavy atom. The predicted octanol–water partition coefficient (Wildman–Crippen LogP) is 1.14. The summed E-state index contributed by atoms with van der Waals surface area (Å²) in [6.45, 7) is 1.10. The third-order valence-electron chi connectivity index (χ3n) is 2.65. The van der Waals surface area contributed by atoms with Gasteiger partial charge in [0.1, 0.15) is 11.4 Å². The molecular formula is C12H12N6O. The zero-order valence-electron chi connectivity index (χ0n) is 10.1. The van der Waals surface area contributed by atoms with Crippen LogP contribution in [0.25, 0.3) is 11.3 Å². The Kier molecular flexibility index (Phi) is 3.28. The number of aromatic nitrogens is 5. The minimum atomic E-state index is 0.525. The molecular weight excluding hydrogens is 244 g/mol. The van der Waals surface area contributed by atoms with Crippen LogP contribution in [0.3, 0.4) is 0 Å². The minimum absolute atomic E-state index is 0.525. The summed E-state index contributed by atoms with van der Waals surface area (Å²) < 4.78 is 4.66. The Hall–Kier alpha value is -2.54. The van der Waals surface area contributed by atoms with Crippen LogP contribution in [-0.2, 0) is 13.1 Å². The summed E-state index contributed by atoms with van der Waals surface area (Å²) in [6, 6.07) is 9.92. The van der Waals surface area contributed by atoms with Gasteiger partial charge < -0.3 is 9.84 Å². The van der Waals surface area contributed by atoms with Crippen LogP contribution in [-0.4, -0.2) is 25.6 Å². The molecule has 2 heterocycles. The van der Waals surface area contributed by atoms with E-state index in [-0.39, 0.29) is 0 Å². The molecule has 7 nitrogen and oxygen atoms in total. The summed E-state index contributed by atoms with van der Waals surface area (Å²) in [5.41, 5.74) is 2.74. The second kappa shape index (κ2) is 5.40. The lowest BCUT2D eigenvalue weighted by atomic mass is 10.1. The number of hydrogen-bond acceptors (Lipinski definition) is 6. The van der Waals surface area contributed by atoms with Gasteiger partial charge in [-0.2, -0.15) is 20.4 Å². The first-order chi connectivity index (χ1) is 9.43. The van der Waals surface area contributed by atoms with Crippen LogP contribution >= 0.6 is 0 Å². The van der Waals surface area contributed by atoms with Gasteiger partial charge in [-0.15, -0.1) is 0 Å². The molecule has 0 aliphatic carbocycles. The molecule has 0 amide bonds. The molecule has 2 aromatic heterocycles. The topological polar surface area (TPSA) is 92.5 Å². The van der Waals surface area contributed by atoms with Crippen molar-refractivity contribution in [3.8, 4) is 11.3 Å². The van der Waals surface area contributed by atoms with E-state index in [2.05, 4.69) is 35.4 Å². The van der Waals surface area contributed by atoms with E-state index in [0.29, 0.717) is 18.9 Å². The van der Waals surface area contributed by atoms with Gasteiger partial charge in [0, 0.05) is 12.1 Å². The summed E-state index contributed by atoms with van der Waals surface area (Å²) in [6.07, 6.45) is 1.31. The lowest BCUT2D eigenvalue weighted by molar-refractivity contribution is 0.407. The number of nitrogens with one attached hydrogen (secondary N) is 2. The van der Waals surface area contributed by atoms with Gasteiger partial charge in [-0.25, -0.2) is 0 Å². The summed E-state index contributed by atoms with van der Waals surface area (Å²) in [7, 11) is 0. The van der Waals surface area contributed by atoms with Crippen LogP contribution < -0.4 is 5.32 Å². The second-order valence-electron chi connectivity index (χ2n) is 3.94. The van der Waals surface area contributed by atoms with Gasteiger partial charge in [0.2, 0.25) is 6.39 Å². The van der Waals surface area contributed by atoms with Crippen LogP contribution in [0.4, 0.5) is 0 Å². The molecule has 0 spiro atoms. The van der Waals surface area contributed by atoms with E-state index in [1.807, 2.05) is 30.3 Å².